The van der Waals surface area contributed by atoms with Gasteiger partial charge in [0.15, 0.2) is 0 Å². The van der Waals surface area contributed by atoms with Crippen molar-refractivity contribution in [2.24, 2.45) is 0 Å². The van der Waals surface area contributed by atoms with E-state index in [1.807, 2.05) is 35.0 Å². The Labute approximate surface area is 124 Å². The summed E-state index contributed by atoms with van der Waals surface area (Å²) in [5.41, 5.74) is 0.0900. The second kappa shape index (κ2) is 6.31. The first-order valence-corrected chi connectivity index (χ1v) is 7.67. The minimum Gasteiger partial charge on any atom is -0.497 e. The van der Waals surface area contributed by atoms with E-state index in [0.717, 1.165) is 29.6 Å². The van der Waals surface area contributed by atoms with Crippen molar-refractivity contribution in [1.82, 2.24) is 9.47 Å². The lowest BCUT2D eigenvalue weighted by Crippen LogP contribution is -2.34. The van der Waals surface area contributed by atoms with E-state index in [4.69, 9.17) is 4.74 Å². The fraction of sp³-hybridized carbons (Fsp3) is 0.471. The Hall–Kier alpha value is -1.81. The lowest BCUT2D eigenvalue weighted by Gasteiger charge is -2.26. The number of pyridine rings is 1. The molecule has 0 atom stereocenters. The van der Waals surface area contributed by atoms with E-state index in [1.54, 1.807) is 7.11 Å². The minimum atomic E-state index is 0.0900. The summed E-state index contributed by atoms with van der Waals surface area (Å²) in [4.78, 5) is 15.0. The lowest BCUT2D eigenvalue weighted by molar-refractivity contribution is 0.220. The zero-order valence-corrected chi connectivity index (χ0v) is 12.5. The van der Waals surface area contributed by atoms with Crippen LogP contribution in [0.15, 0.2) is 35.3 Å². The molecule has 1 aromatic heterocycles. The number of hydrogen-bond acceptors (Lipinski definition) is 3. The van der Waals surface area contributed by atoms with Crippen LogP contribution in [0, 0.1) is 0 Å². The van der Waals surface area contributed by atoms with Crippen molar-refractivity contribution in [3.8, 4) is 5.75 Å². The van der Waals surface area contributed by atoms with Gasteiger partial charge in [0.2, 0.25) is 0 Å². The highest BCUT2D eigenvalue weighted by Gasteiger charge is 2.10. The number of aromatic nitrogens is 1. The molecule has 1 saturated heterocycles. The highest BCUT2D eigenvalue weighted by atomic mass is 16.5. The lowest BCUT2D eigenvalue weighted by atomic mass is 10.1. The third-order valence-corrected chi connectivity index (χ3v) is 4.29. The predicted molar refractivity (Wildman–Crippen MR) is 85.1 cm³/mol. The van der Waals surface area contributed by atoms with Crippen molar-refractivity contribution in [2.45, 2.75) is 25.8 Å². The fourth-order valence-electron chi connectivity index (χ4n) is 3.00. The summed E-state index contributed by atoms with van der Waals surface area (Å²) in [5.74, 6) is 0.785. The number of piperidine rings is 1. The minimum absolute atomic E-state index is 0.0900. The second-order valence-corrected chi connectivity index (χ2v) is 5.67. The normalized spacial score (nSPS) is 16.2. The molecule has 2 aromatic rings. The van der Waals surface area contributed by atoms with Gasteiger partial charge in [0, 0.05) is 24.7 Å². The highest BCUT2D eigenvalue weighted by molar-refractivity contribution is 5.82. The Bertz CT molecular complexity index is 672. The summed E-state index contributed by atoms with van der Waals surface area (Å²) in [5, 5.41) is 1.70. The number of methoxy groups -OCH3 is 1. The topological polar surface area (TPSA) is 34.5 Å². The molecule has 21 heavy (non-hydrogen) atoms. The van der Waals surface area contributed by atoms with Crippen LogP contribution in [0.5, 0.6) is 5.75 Å². The molecule has 112 valence electrons. The Kier molecular flexibility index (Phi) is 4.25. The third-order valence-electron chi connectivity index (χ3n) is 4.29. The number of ether oxygens (including phenoxy) is 1. The molecule has 0 unspecified atom stereocenters. The number of rotatable bonds is 4. The summed E-state index contributed by atoms with van der Waals surface area (Å²) in [6.07, 6.45) is 5.81. The summed E-state index contributed by atoms with van der Waals surface area (Å²) in [7, 11) is 1.64. The van der Waals surface area contributed by atoms with E-state index in [0.29, 0.717) is 0 Å². The van der Waals surface area contributed by atoms with Gasteiger partial charge in [0.25, 0.3) is 5.56 Å². The molecule has 0 N–H and O–H groups in total. The third kappa shape index (κ3) is 3.10. The molecule has 1 aliphatic heterocycles. The average molecular weight is 286 g/mol. The molecule has 0 amide bonds. The molecular weight excluding hydrogens is 264 g/mol. The van der Waals surface area contributed by atoms with E-state index in [1.165, 1.54) is 32.4 Å². The molecule has 1 aromatic carbocycles. The van der Waals surface area contributed by atoms with Crippen molar-refractivity contribution in [1.29, 1.82) is 0 Å². The monoisotopic (exact) mass is 286 g/mol. The largest absolute Gasteiger partial charge is 0.497 e. The van der Waals surface area contributed by atoms with Gasteiger partial charge >= 0.3 is 0 Å². The second-order valence-electron chi connectivity index (χ2n) is 5.67. The molecule has 4 nitrogen and oxygen atoms in total. The number of benzene rings is 1. The van der Waals surface area contributed by atoms with Crippen molar-refractivity contribution in [2.75, 3.05) is 26.7 Å². The van der Waals surface area contributed by atoms with Gasteiger partial charge < -0.3 is 14.2 Å². The molecule has 3 rings (SSSR count). The van der Waals surface area contributed by atoms with Gasteiger partial charge in [-0.3, -0.25) is 4.79 Å². The molecule has 4 heteroatoms. The number of fused-ring (bicyclic) bond motifs is 1. The Morgan fingerprint density at radius 2 is 1.90 bits per heavy atom. The van der Waals surface area contributed by atoms with Crippen molar-refractivity contribution in [3.63, 3.8) is 0 Å². The van der Waals surface area contributed by atoms with E-state index in [-0.39, 0.29) is 5.56 Å². The quantitative estimate of drug-likeness (QED) is 0.866. The summed E-state index contributed by atoms with van der Waals surface area (Å²) >= 11 is 0. The highest BCUT2D eigenvalue weighted by Crippen LogP contribution is 2.17. The van der Waals surface area contributed by atoms with Gasteiger partial charge in [-0.05, 0) is 55.6 Å². The zero-order chi connectivity index (χ0) is 14.7. The molecule has 0 spiro atoms. The van der Waals surface area contributed by atoms with E-state index in [2.05, 4.69) is 4.90 Å². The standard InChI is InChI=1S/C17H22N2O2/c1-21-15-5-6-16-14(13-15)7-10-19(17(16)20)12-11-18-8-3-2-4-9-18/h5-7,10,13H,2-4,8-9,11-12H2,1H3. The van der Waals surface area contributed by atoms with Crippen LogP contribution >= 0.6 is 0 Å². The predicted octanol–water partition coefficient (Wildman–Crippen LogP) is 2.50. The Morgan fingerprint density at radius 3 is 2.67 bits per heavy atom. The molecule has 0 aliphatic carbocycles. The first-order valence-electron chi connectivity index (χ1n) is 7.67. The van der Waals surface area contributed by atoms with Crippen LogP contribution in [0.1, 0.15) is 19.3 Å². The van der Waals surface area contributed by atoms with Crippen LogP contribution in [-0.4, -0.2) is 36.2 Å². The Morgan fingerprint density at radius 1 is 1.10 bits per heavy atom. The van der Waals surface area contributed by atoms with Crippen LogP contribution in [0.4, 0.5) is 0 Å². The molecule has 0 saturated carbocycles. The molecule has 1 aliphatic rings. The number of hydrogen-bond donors (Lipinski definition) is 0. The van der Waals surface area contributed by atoms with Crippen molar-refractivity contribution >= 4 is 10.8 Å². The van der Waals surface area contributed by atoms with Crippen LogP contribution in [0.3, 0.4) is 0 Å². The zero-order valence-electron chi connectivity index (χ0n) is 12.5. The average Bonchev–Trinajstić information content (AvgIpc) is 2.55. The molecule has 0 radical (unpaired) electrons. The van der Waals surface area contributed by atoms with Gasteiger partial charge in [0.1, 0.15) is 5.75 Å². The summed E-state index contributed by atoms with van der Waals surface area (Å²) in [6.45, 7) is 4.06. The smallest absolute Gasteiger partial charge is 0.258 e. The van der Waals surface area contributed by atoms with Crippen LogP contribution < -0.4 is 10.3 Å². The van der Waals surface area contributed by atoms with Gasteiger partial charge in [-0.1, -0.05) is 6.42 Å². The first-order chi connectivity index (χ1) is 10.3. The molecular formula is C17H22N2O2. The maximum Gasteiger partial charge on any atom is 0.258 e. The molecule has 2 heterocycles. The van der Waals surface area contributed by atoms with Crippen LogP contribution in [0.25, 0.3) is 10.8 Å². The van der Waals surface area contributed by atoms with Crippen molar-refractivity contribution < 1.29 is 4.74 Å². The summed E-state index contributed by atoms with van der Waals surface area (Å²) in [6, 6.07) is 7.60. The maximum absolute atomic E-state index is 12.5. The number of nitrogens with zero attached hydrogens (tertiary/aromatic N) is 2. The van der Waals surface area contributed by atoms with Gasteiger partial charge in [0.05, 0.1) is 7.11 Å². The van der Waals surface area contributed by atoms with Gasteiger partial charge in [-0.25, -0.2) is 0 Å². The molecule has 1 fully saturated rings. The van der Waals surface area contributed by atoms with E-state index >= 15 is 0 Å². The van der Waals surface area contributed by atoms with Crippen molar-refractivity contribution in [3.05, 3.63) is 40.8 Å². The fourth-order valence-corrected chi connectivity index (χ4v) is 3.00. The van der Waals surface area contributed by atoms with E-state index < -0.39 is 0 Å². The van der Waals surface area contributed by atoms with Crippen LogP contribution in [0.2, 0.25) is 0 Å². The number of likely N-dealkylation sites (tertiary alicyclic amines) is 1. The summed E-state index contributed by atoms with van der Waals surface area (Å²) < 4.78 is 7.03. The van der Waals surface area contributed by atoms with Gasteiger partial charge in [-0.15, -0.1) is 0 Å². The SMILES string of the molecule is COc1ccc2c(=O)n(CCN3CCCCC3)ccc2c1. The maximum atomic E-state index is 12.5. The van der Waals surface area contributed by atoms with Crippen LogP contribution in [-0.2, 0) is 6.54 Å². The van der Waals surface area contributed by atoms with Gasteiger partial charge in [-0.2, -0.15) is 0 Å². The Balaban J connectivity index is 1.79. The van der Waals surface area contributed by atoms with E-state index in [9.17, 15) is 4.79 Å². The molecule has 0 bridgehead atoms. The first kappa shape index (κ1) is 14.1.